The quantitative estimate of drug-likeness (QED) is 0.354. The molecule has 33 heavy (non-hydrogen) atoms. The van der Waals surface area contributed by atoms with E-state index in [0.29, 0.717) is 39.1 Å². The zero-order chi connectivity index (χ0) is 22.9. The van der Waals surface area contributed by atoms with Crippen LogP contribution in [0.25, 0.3) is 0 Å². The highest BCUT2D eigenvalue weighted by atomic mass is 16.5. The molecule has 4 rings (SSSR count). The van der Waals surface area contributed by atoms with E-state index in [-0.39, 0.29) is 17.9 Å². The summed E-state index contributed by atoms with van der Waals surface area (Å²) in [6, 6.07) is 23.8. The van der Waals surface area contributed by atoms with E-state index in [1.165, 1.54) is 0 Å². The molecule has 0 N–H and O–H groups in total. The molecule has 1 aliphatic rings. The SMILES string of the molecule is C=CC[C@H](N=C(c1ccccc1)c1ccccc1)[C@@H](Cc1ccco1)C(=O)N1CCOCC1. The fourth-order valence-corrected chi connectivity index (χ4v) is 4.20. The minimum Gasteiger partial charge on any atom is -0.469 e. The van der Waals surface area contributed by atoms with Gasteiger partial charge < -0.3 is 14.1 Å². The van der Waals surface area contributed by atoms with Gasteiger partial charge >= 0.3 is 0 Å². The van der Waals surface area contributed by atoms with Gasteiger partial charge in [0, 0.05) is 30.6 Å². The van der Waals surface area contributed by atoms with Crippen molar-refractivity contribution in [2.75, 3.05) is 26.3 Å². The monoisotopic (exact) mass is 442 g/mol. The van der Waals surface area contributed by atoms with Crippen LogP contribution in [0.5, 0.6) is 0 Å². The van der Waals surface area contributed by atoms with Crippen molar-refractivity contribution in [3.05, 3.63) is 109 Å². The molecule has 0 radical (unpaired) electrons. The third-order valence-corrected chi connectivity index (χ3v) is 5.90. The molecule has 0 spiro atoms. The largest absolute Gasteiger partial charge is 0.469 e. The third-order valence-electron chi connectivity index (χ3n) is 5.90. The Bertz CT molecular complexity index is 998. The van der Waals surface area contributed by atoms with E-state index in [2.05, 4.69) is 30.8 Å². The third kappa shape index (κ3) is 5.88. The second-order valence-corrected chi connectivity index (χ2v) is 8.13. The van der Waals surface area contributed by atoms with Crippen molar-refractivity contribution in [1.29, 1.82) is 0 Å². The molecule has 0 saturated carbocycles. The van der Waals surface area contributed by atoms with Crippen molar-refractivity contribution in [3.63, 3.8) is 0 Å². The minimum atomic E-state index is -0.366. The number of aliphatic imine (C=N–C) groups is 1. The lowest BCUT2D eigenvalue weighted by Crippen LogP contribution is -2.47. The predicted molar refractivity (Wildman–Crippen MR) is 130 cm³/mol. The molecule has 3 aromatic rings. The number of benzene rings is 2. The number of ether oxygens (including phenoxy) is 1. The summed E-state index contributed by atoms with van der Waals surface area (Å²) in [6.07, 6.45) is 4.58. The molecule has 5 heteroatoms. The highest BCUT2D eigenvalue weighted by Crippen LogP contribution is 2.24. The molecule has 2 atom stereocenters. The Kier molecular flexibility index (Phi) is 7.88. The maximum absolute atomic E-state index is 13.7. The Hall–Kier alpha value is -3.44. The van der Waals surface area contributed by atoms with Crippen molar-refractivity contribution in [3.8, 4) is 0 Å². The number of hydrogen-bond donors (Lipinski definition) is 0. The Morgan fingerprint density at radius 3 is 2.15 bits per heavy atom. The molecule has 1 aromatic heterocycles. The Morgan fingerprint density at radius 2 is 1.61 bits per heavy atom. The summed E-state index contributed by atoms with van der Waals surface area (Å²) in [4.78, 5) is 20.8. The van der Waals surface area contributed by atoms with Crippen molar-refractivity contribution in [2.45, 2.75) is 18.9 Å². The fraction of sp³-hybridized carbons (Fsp3) is 0.286. The Balaban J connectivity index is 1.75. The van der Waals surface area contributed by atoms with Crippen LogP contribution in [0.1, 0.15) is 23.3 Å². The average Bonchev–Trinajstić information content (AvgIpc) is 3.40. The van der Waals surface area contributed by atoms with Gasteiger partial charge in [0.15, 0.2) is 0 Å². The number of carbonyl (C=O) groups excluding carboxylic acids is 1. The first-order valence-electron chi connectivity index (χ1n) is 11.4. The van der Waals surface area contributed by atoms with Gasteiger partial charge in [0.05, 0.1) is 37.1 Å². The van der Waals surface area contributed by atoms with Gasteiger partial charge in [-0.3, -0.25) is 9.79 Å². The first-order chi connectivity index (χ1) is 16.3. The van der Waals surface area contributed by atoms with E-state index in [9.17, 15) is 4.79 Å². The molecule has 0 aliphatic carbocycles. The van der Waals surface area contributed by atoms with E-state index in [0.717, 1.165) is 22.6 Å². The van der Waals surface area contributed by atoms with Crippen LogP contribution in [0.4, 0.5) is 0 Å². The van der Waals surface area contributed by atoms with Gasteiger partial charge in [0.2, 0.25) is 5.91 Å². The van der Waals surface area contributed by atoms with Crippen molar-refractivity contribution >= 4 is 11.6 Å². The normalized spacial score (nSPS) is 15.5. The first-order valence-corrected chi connectivity index (χ1v) is 11.4. The summed E-state index contributed by atoms with van der Waals surface area (Å²) in [5.41, 5.74) is 2.92. The highest BCUT2D eigenvalue weighted by molar-refractivity contribution is 6.13. The van der Waals surface area contributed by atoms with E-state index in [1.807, 2.05) is 59.5 Å². The number of hydrogen-bond acceptors (Lipinski definition) is 4. The average molecular weight is 443 g/mol. The maximum Gasteiger partial charge on any atom is 0.228 e. The van der Waals surface area contributed by atoms with Gasteiger partial charge in [-0.1, -0.05) is 66.7 Å². The van der Waals surface area contributed by atoms with Gasteiger partial charge in [-0.25, -0.2) is 0 Å². The molecule has 0 unspecified atom stereocenters. The van der Waals surface area contributed by atoms with Crippen LogP contribution in [-0.2, 0) is 16.0 Å². The molecule has 1 amide bonds. The molecule has 2 heterocycles. The summed E-state index contributed by atoms with van der Waals surface area (Å²) in [6.45, 7) is 6.29. The van der Waals surface area contributed by atoms with Crippen LogP contribution >= 0.6 is 0 Å². The van der Waals surface area contributed by atoms with E-state index < -0.39 is 0 Å². The lowest BCUT2D eigenvalue weighted by molar-refractivity contribution is -0.140. The molecule has 0 bridgehead atoms. The zero-order valence-corrected chi connectivity index (χ0v) is 18.8. The number of carbonyl (C=O) groups is 1. The zero-order valence-electron chi connectivity index (χ0n) is 18.8. The Morgan fingerprint density at radius 1 is 0.970 bits per heavy atom. The van der Waals surface area contributed by atoms with Crippen molar-refractivity contribution in [1.82, 2.24) is 4.90 Å². The molecule has 1 saturated heterocycles. The van der Waals surface area contributed by atoms with Crippen LogP contribution in [0.15, 0.2) is 101 Å². The summed E-state index contributed by atoms with van der Waals surface area (Å²) < 4.78 is 11.1. The lowest BCUT2D eigenvalue weighted by atomic mass is 9.90. The minimum absolute atomic E-state index is 0.0887. The topological polar surface area (TPSA) is 55.0 Å². The summed E-state index contributed by atoms with van der Waals surface area (Å²) in [5.74, 6) is 0.507. The van der Waals surface area contributed by atoms with Crippen LogP contribution in [-0.4, -0.2) is 48.9 Å². The van der Waals surface area contributed by atoms with Gasteiger partial charge in [0.1, 0.15) is 5.76 Å². The first kappa shape index (κ1) is 22.7. The van der Waals surface area contributed by atoms with Crippen LogP contribution in [0.3, 0.4) is 0 Å². The van der Waals surface area contributed by atoms with Crippen LogP contribution < -0.4 is 0 Å². The molecule has 5 nitrogen and oxygen atoms in total. The fourth-order valence-electron chi connectivity index (χ4n) is 4.20. The summed E-state index contributed by atoms with van der Waals surface area (Å²) in [7, 11) is 0. The molecular formula is C28H30N2O3. The maximum atomic E-state index is 13.7. The highest BCUT2D eigenvalue weighted by Gasteiger charge is 2.33. The second-order valence-electron chi connectivity index (χ2n) is 8.13. The molecule has 1 aliphatic heterocycles. The summed E-state index contributed by atoms with van der Waals surface area (Å²) in [5, 5.41) is 0. The standard InChI is InChI=1S/C28H30N2O3/c1-2-10-26(29-27(22-11-5-3-6-12-22)23-13-7-4-8-14-23)25(21-24-15-9-18-33-24)28(31)30-16-19-32-20-17-30/h2-9,11-15,18,25-26H,1,10,16-17,19-21H2/t25-,26+/m1/s1. The number of rotatable bonds is 9. The smallest absolute Gasteiger partial charge is 0.228 e. The Labute approximate surface area is 195 Å². The van der Waals surface area contributed by atoms with Gasteiger partial charge in [-0.2, -0.15) is 0 Å². The second kappa shape index (κ2) is 11.4. The number of nitrogens with zero attached hydrogens (tertiary/aromatic N) is 2. The van der Waals surface area contributed by atoms with E-state index in [4.69, 9.17) is 14.1 Å². The van der Waals surface area contributed by atoms with Crippen LogP contribution in [0.2, 0.25) is 0 Å². The van der Waals surface area contributed by atoms with Crippen molar-refractivity contribution in [2.24, 2.45) is 10.9 Å². The van der Waals surface area contributed by atoms with Gasteiger partial charge in [-0.15, -0.1) is 6.58 Å². The number of amides is 1. The van der Waals surface area contributed by atoms with Crippen molar-refractivity contribution < 1.29 is 13.9 Å². The number of morpholine rings is 1. The predicted octanol–water partition coefficient (Wildman–Crippen LogP) is 4.78. The molecule has 2 aromatic carbocycles. The van der Waals surface area contributed by atoms with Crippen LogP contribution in [0, 0.1) is 5.92 Å². The summed E-state index contributed by atoms with van der Waals surface area (Å²) >= 11 is 0. The molecule has 1 fully saturated rings. The van der Waals surface area contributed by atoms with E-state index >= 15 is 0 Å². The van der Waals surface area contributed by atoms with E-state index in [1.54, 1.807) is 6.26 Å². The molecule has 170 valence electrons. The lowest BCUT2D eigenvalue weighted by Gasteiger charge is -2.32. The number of furan rings is 1. The van der Waals surface area contributed by atoms with Gasteiger partial charge in [0.25, 0.3) is 0 Å². The molecular weight excluding hydrogens is 412 g/mol. The van der Waals surface area contributed by atoms with Gasteiger partial charge in [-0.05, 0) is 18.6 Å².